The third-order valence-electron chi connectivity index (χ3n) is 4.16. The van der Waals surface area contributed by atoms with Crippen LogP contribution in [0.5, 0.6) is 0 Å². The Morgan fingerprint density at radius 3 is 3.00 bits per heavy atom. The van der Waals surface area contributed by atoms with Gasteiger partial charge in [0.1, 0.15) is 11.4 Å². The van der Waals surface area contributed by atoms with Gasteiger partial charge in [0.05, 0.1) is 6.54 Å². The third-order valence-corrected chi connectivity index (χ3v) is 4.16. The van der Waals surface area contributed by atoms with Crippen LogP contribution in [0.4, 0.5) is 0 Å². The lowest BCUT2D eigenvalue weighted by Gasteiger charge is -2.45. The Hall–Kier alpha value is -1.29. The number of nitrogens with zero attached hydrogens (tertiary/aromatic N) is 3. The van der Waals surface area contributed by atoms with Gasteiger partial charge in [-0.05, 0) is 25.6 Å². The lowest BCUT2D eigenvalue weighted by Crippen LogP contribution is -2.59. The van der Waals surface area contributed by atoms with Gasteiger partial charge in [-0.3, -0.25) is 9.69 Å². The van der Waals surface area contributed by atoms with Crippen LogP contribution < -0.4 is 0 Å². The van der Waals surface area contributed by atoms with E-state index in [-0.39, 0.29) is 11.6 Å². The topological polar surface area (TPSA) is 28.5 Å². The molecule has 4 heteroatoms. The van der Waals surface area contributed by atoms with Gasteiger partial charge >= 0.3 is 0 Å². The predicted molar refractivity (Wildman–Crippen MR) is 61.1 cm³/mol. The summed E-state index contributed by atoms with van der Waals surface area (Å²) < 4.78 is 2.09. The van der Waals surface area contributed by atoms with Gasteiger partial charge in [0, 0.05) is 19.3 Å². The summed E-state index contributed by atoms with van der Waals surface area (Å²) in [6.07, 6.45) is 2.99. The van der Waals surface area contributed by atoms with E-state index < -0.39 is 0 Å². The summed E-state index contributed by atoms with van der Waals surface area (Å²) in [7, 11) is 2.12. The van der Waals surface area contributed by atoms with Crippen molar-refractivity contribution < 1.29 is 4.79 Å². The maximum absolute atomic E-state index is 12.3. The highest BCUT2D eigenvalue weighted by Crippen LogP contribution is 2.35. The molecule has 0 aromatic carbocycles. The van der Waals surface area contributed by atoms with Crippen molar-refractivity contribution in [3.05, 3.63) is 24.0 Å². The van der Waals surface area contributed by atoms with Crippen molar-refractivity contribution >= 4 is 5.91 Å². The number of fused-ring (bicyclic) bond motifs is 2. The van der Waals surface area contributed by atoms with Crippen LogP contribution in [0.3, 0.4) is 0 Å². The Kier molecular flexibility index (Phi) is 1.92. The SMILES string of the molecule is CCC12Cn3cccc3C(=O)N1CCN2C. The highest BCUT2D eigenvalue weighted by molar-refractivity contribution is 5.94. The van der Waals surface area contributed by atoms with Crippen LogP contribution in [-0.2, 0) is 6.54 Å². The maximum atomic E-state index is 12.3. The molecule has 86 valence electrons. The molecule has 3 heterocycles. The van der Waals surface area contributed by atoms with Gasteiger partial charge in [-0.15, -0.1) is 0 Å². The van der Waals surface area contributed by atoms with Crippen molar-refractivity contribution in [1.82, 2.24) is 14.4 Å². The number of rotatable bonds is 1. The number of carbonyl (C=O) groups excluding carboxylic acids is 1. The van der Waals surface area contributed by atoms with E-state index in [0.29, 0.717) is 0 Å². The molecule has 1 aromatic rings. The first-order valence-electron chi connectivity index (χ1n) is 5.87. The average molecular weight is 219 g/mol. The zero-order valence-electron chi connectivity index (χ0n) is 9.81. The smallest absolute Gasteiger partial charge is 0.272 e. The molecular formula is C12H17N3O. The molecule has 2 aliphatic heterocycles. The molecule has 1 fully saturated rings. The molecule has 2 aliphatic rings. The van der Waals surface area contributed by atoms with Gasteiger partial charge < -0.3 is 9.47 Å². The Balaban J connectivity index is 2.12. The summed E-state index contributed by atoms with van der Waals surface area (Å²) in [5.41, 5.74) is 0.739. The minimum Gasteiger partial charge on any atom is -0.340 e. The summed E-state index contributed by atoms with van der Waals surface area (Å²) in [5.74, 6) is 0.183. The second kappa shape index (κ2) is 3.10. The molecule has 0 aliphatic carbocycles. The summed E-state index contributed by atoms with van der Waals surface area (Å²) >= 11 is 0. The molecule has 16 heavy (non-hydrogen) atoms. The number of carbonyl (C=O) groups is 1. The molecule has 0 radical (unpaired) electrons. The van der Waals surface area contributed by atoms with Crippen LogP contribution in [-0.4, -0.2) is 46.1 Å². The fourth-order valence-electron chi connectivity index (χ4n) is 3.10. The van der Waals surface area contributed by atoms with Gasteiger partial charge in [-0.2, -0.15) is 0 Å². The Bertz CT molecular complexity index is 439. The summed E-state index contributed by atoms with van der Waals surface area (Å²) in [6, 6.07) is 3.87. The zero-order chi connectivity index (χ0) is 11.3. The zero-order valence-corrected chi connectivity index (χ0v) is 9.81. The van der Waals surface area contributed by atoms with Gasteiger partial charge in [-0.25, -0.2) is 0 Å². The first kappa shape index (κ1) is 9.90. The molecule has 1 amide bonds. The maximum Gasteiger partial charge on any atom is 0.272 e. The molecule has 4 nitrogen and oxygen atoms in total. The van der Waals surface area contributed by atoms with E-state index in [1.165, 1.54) is 0 Å². The summed E-state index contributed by atoms with van der Waals surface area (Å²) in [4.78, 5) is 16.7. The first-order valence-corrected chi connectivity index (χ1v) is 5.87. The molecule has 0 bridgehead atoms. The normalized spacial score (nSPS) is 29.4. The average Bonchev–Trinajstić information content (AvgIpc) is 2.85. The quantitative estimate of drug-likeness (QED) is 0.705. The third kappa shape index (κ3) is 1.00. The van der Waals surface area contributed by atoms with Gasteiger partial charge in [0.2, 0.25) is 0 Å². The standard InChI is InChI=1S/C12H17N3O/c1-3-12-9-14-6-4-5-10(14)11(16)15(12)8-7-13(12)2/h4-6H,3,7-9H2,1-2H3. The van der Waals surface area contributed by atoms with E-state index in [4.69, 9.17) is 0 Å². The molecule has 1 atom stereocenters. The summed E-state index contributed by atoms with van der Waals surface area (Å²) in [6.45, 7) is 4.89. The lowest BCUT2D eigenvalue weighted by molar-refractivity contribution is -0.000311. The largest absolute Gasteiger partial charge is 0.340 e. The van der Waals surface area contributed by atoms with Crippen LogP contribution >= 0.6 is 0 Å². The molecule has 1 saturated heterocycles. The van der Waals surface area contributed by atoms with E-state index >= 15 is 0 Å². The van der Waals surface area contributed by atoms with Crippen molar-refractivity contribution in [3.8, 4) is 0 Å². The van der Waals surface area contributed by atoms with Crippen molar-refractivity contribution in [1.29, 1.82) is 0 Å². The molecule has 1 aromatic heterocycles. The van der Waals surface area contributed by atoms with Gasteiger partial charge in [-0.1, -0.05) is 6.92 Å². The second-order valence-electron chi connectivity index (χ2n) is 4.74. The minimum atomic E-state index is -0.0941. The second-order valence-corrected chi connectivity index (χ2v) is 4.74. The van der Waals surface area contributed by atoms with E-state index in [1.807, 2.05) is 23.2 Å². The van der Waals surface area contributed by atoms with Crippen molar-refractivity contribution in [3.63, 3.8) is 0 Å². The number of hydrogen-bond donors (Lipinski definition) is 0. The van der Waals surface area contributed by atoms with E-state index in [9.17, 15) is 4.79 Å². The molecule has 3 rings (SSSR count). The number of aromatic nitrogens is 1. The van der Waals surface area contributed by atoms with Crippen LogP contribution in [0.15, 0.2) is 18.3 Å². The monoisotopic (exact) mass is 219 g/mol. The number of likely N-dealkylation sites (N-methyl/N-ethyl adjacent to an activating group) is 1. The van der Waals surface area contributed by atoms with E-state index in [0.717, 1.165) is 31.7 Å². The highest BCUT2D eigenvalue weighted by atomic mass is 16.2. The lowest BCUT2D eigenvalue weighted by atomic mass is 10.0. The Labute approximate surface area is 95.4 Å². The van der Waals surface area contributed by atoms with E-state index in [1.54, 1.807) is 0 Å². The number of amides is 1. The Morgan fingerprint density at radius 2 is 2.25 bits per heavy atom. The van der Waals surface area contributed by atoms with Crippen LogP contribution in [0.1, 0.15) is 23.8 Å². The van der Waals surface area contributed by atoms with Crippen molar-refractivity contribution in [2.45, 2.75) is 25.6 Å². The summed E-state index contributed by atoms with van der Waals surface area (Å²) in [5, 5.41) is 0. The van der Waals surface area contributed by atoms with Crippen LogP contribution in [0.25, 0.3) is 0 Å². The molecule has 0 N–H and O–H groups in total. The minimum absolute atomic E-state index is 0.0941. The van der Waals surface area contributed by atoms with Crippen LogP contribution in [0.2, 0.25) is 0 Å². The first-order chi connectivity index (χ1) is 7.69. The van der Waals surface area contributed by atoms with E-state index in [2.05, 4.69) is 23.4 Å². The molecule has 0 saturated carbocycles. The fourth-order valence-corrected chi connectivity index (χ4v) is 3.10. The van der Waals surface area contributed by atoms with Crippen molar-refractivity contribution in [2.24, 2.45) is 0 Å². The fraction of sp³-hybridized carbons (Fsp3) is 0.583. The molecular weight excluding hydrogens is 202 g/mol. The molecule has 1 unspecified atom stereocenters. The highest BCUT2D eigenvalue weighted by Gasteiger charge is 2.50. The van der Waals surface area contributed by atoms with Crippen molar-refractivity contribution in [2.75, 3.05) is 20.1 Å². The van der Waals surface area contributed by atoms with Crippen LogP contribution in [0, 0.1) is 0 Å². The predicted octanol–water partition coefficient (Wildman–Crippen LogP) is 0.996. The number of hydrogen-bond acceptors (Lipinski definition) is 2. The molecule has 0 spiro atoms. The Morgan fingerprint density at radius 1 is 1.44 bits per heavy atom. The van der Waals surface area contributed by atoms with Gasteiger partial charge in [0.25, 0.3) is 5.91 Å². The van der Waals surface area contributed by atoms with Gasteiger partial charge in [0.15, 0.2) is 0 Å².